The van der Waals surface area contributed by atoms with Gasteiger partial charge in [-0.25, -0.2) is 0 Å². The van der Waals surface area contributed by atoms with Gasteiger partial charge in [-0.1, -0.05) is 25.0 Å². The summed E-state index contributed by atoms with van der Waals surface area (Å²) in [4.78, 5) is 0. The molecule has 2 aliphatic rings. The second-order valence-corrected chi connectivity index (χ2v) is 5.67. The van der Waals surface area contributed by atoms with Gasteiger partial charge in [-0.15, -0.1) is 0 Å². The van der Waals surface area contributed by atoms with Crippen molar-refractivity contribution in [2.24, 2.45) is 0 Å². The van der Waals surface area contributed by atoms with E-state index in [2.05, 4.69) is 23.5 Å². The summed E-state index contributed by atoms with van der Waals surface area (Å²) in [6.07, 6.45) is 6.70. The quantitative estimate of drug-likeness (QED) is 0.881. The zero-order valence-electron chi connectivity index (χ0n) is 11.2. The van der Waals surface area contributed by atoms with E-state index in [0.717, 1.165) is 24.8 Å². The second kappa shape index (κ2) is 5.31. The van der Waals surface area contributed by atoms with Gasteiger partial charge in [-0.2, -0.15) is 0 Å². The molecule has 0 spiro atoms. The first-order valence-corrected chi connectivity index (χ1v) is 7.27. The number of ether oxygens (including phenoxy) is 1. The minimum absolute atomic E-state index is 0.705. The molecule has 2 nitrogen and oxygen atoms in total. The smallest absolute Gasteiger partial charge is 0.122 e. The summed E-state index contributed by atoms with van der Waals surface area (Å²) in [6.45, 7) is 2.30. The van der Waals surface area contributed by atoms with Crippen LogP contribution in [-0.4, -0.2) is 20.2 Å². The fraction of sp³-hybridized carbons (Fsp3) is 0.625. The van der Waals surface area contributed by atoms with E-state index in [1.807, 2.05) is 0 Å². The standard InChI is InChI=1S/C16H23NO/c1-18-16-7-6-13(14-8-9-17-11-14)10-15(16)12-4-2-3-5-12/h6-7,10,12,14,17H,2-5,8-9,11H2,1H3. The number of methoxy groups -OCH3 is 1. The first kappa shape index (κ1) is 12.0. The van der Waals surface area contributed by atoms with E-state index < -0.39 is 0 Å². The highest BCUT2D eigenvalue weighted by Crippen LogP contribution is 2.40. The third kappa shape index (κ3) is 2.26. The molecule has 1 N–H and O–H groups in total. The summed E-state index contributed by atoms with van der Waals surface area (Å²) >= 11 is 0. The Hall–Kier alpha value is -1.02. The van der Waals surface area contributed by atoms with E-state index in [1.165, 1.54) is 43.2 Å². The molecule has 1 aliphatic carbocycles. The fourth-order valence-corrected chi connectivity index (χ4v) is 3.50. The number of hydrogen-bond donors (Lipinski definition) is 1. The van der Waals surface area contributed by atoms with E-state index in [4.69, 9.17) is 4.74 Å². The maximum Gasteiger partial charge on any atom is 0.122 e. The third-order valence-corrected chi connectivity index (χ3v) is 4.58. The second-order valence-electron chi connectivity index (χ2n) is 5.67. The zero-order valence-corrected chi connectivity index (χ0v) is 11.2. The van der Waals surface area contributed by atoms with Crippen molar-refractivity contribution in [3.63, 3.8) is 0 Å². The summed E-state index contributed by atoms with van der Waals surface area (Å²) in [5.74, 6) is 2.53. The van der Waals surface area contributed by atoms with Crippen molar-refractivity contribution in [2.75, 3.05) is 20.2 Å². The molecule has 1 unspecified atom stereocenters. The maximum atomic E-state index is 5.56. The molecule has 1 saturated carbocycles. The van der Waals surface area contributed by atoms with Crippen molar-refractivity contribution in [3.8, 4) is 5.75 Å². The van der Waals surface area contributed by atoms with Crippen LogP contribution in [0.4, 0.5) is 0 Å². The Balaban J connectivity index is 1.90. The van der Waals surface area contributed by atoms with Gasteiger partial charge in [-0.3, -0.25) is 0 Å². The van der Waals surface area contributed by atoms with Crippen LogP contribution in [-0.2, 0) is 0 Å². The highest BCUT2D eigenvalue weighted by atomic mass is 16.5. The monoisotopic (exact) mass is 245 g/mol. The van der Waals surface area contributed by atoms with Gasteiger partial charge in [0, 0.05) is 6.54 Å². The minimum atomic E-state index is 0.705. The molecule has 1 aromatic carbocycles. The van der Waals surface area contributed by atoms with Crippen LogP contribution in [0.15, 0.2) is 18.2 Å². The van der Waals surface area contributed by atoms with Gasteiger partial charge in [0.1, 0.15) is 5.75 Å². The molecule has 2 fully saturated rings. The van der Waals surface area contributed by atoms with Crippen molar-refractivity contribution < 1.29 is 4.74 Å². The Kier molecular flexibility index (Phi) is 3.55. The van der Waals surface area contributed by atoms with E-state index in [-0.39, 0.29) is 0 Å². The minimum Gasteiger partial charge on any atom is -0.496 e. The van der Waals surface area contributed by atoms with E-state index in [0.29, 0.717) is 5.92 Å². The normalized spacial score (nSPS) is 24.6. The van der Waals surface area contributed by atoms with E-state index in [9.17, 15) is 0 Å². The van der Waals surface area contributed by atoms with Crippen molar-refractivity contribution in [1.29, 1.82) is 0 Å². The molecule has 1 atom stereocenters. The van der Waals surface area contributed by atoms with Crippen molar-refractivity contribution in [2.45, 2.75) is 43.9 Å². The molecule has 0 aromatic heterocycles. The first-order valence-electron chi connectivity index (χ1n) is 7.27. The van der Waals surface area contributed by atoms with Gasteiger partial charge in [0.25, 0.3) is 0 Å². The van der Waals surface area contributed by atoms with Gasteiger partial charge >= 0.3 is 0 Å². The van der Waals surface area contributed by atoms with Crippen molar-refractivity contribution >= 4 is 0 Å². The zero-order chi connectivity index (χ0) is 12.4. The lowest BCUT2D eigenvalue weighted by Crippen LogP contribution is -2.08. The SMILES string of the molecule is COc1ccc(C2CCNC2)cc1C1CCCC1. The van der Waals surface area contributed by atoms with Gasteiger partial charge in [0.05, 0.1) is 7.11 Å². The Morgan fingerprint density at radius 2 is 1.94 bits per heavy atom. The Labute approximate surface area is 110 Å². The van der Waals surface area contributed by atoms with Gasteiger partial charge in [-0.05, 0) is 54.8 Å². The Bertz CT molecular complexity index is 404. The van der Waals surface area contributed by atoms with Crippen LogP contribution in [0.3, 0.4) is 0 Å². The molecular formula is C16H23NO. The molecule has 1 saturated heterocycles. The van der Waals surface area contributed by atoms with Crippen molar-refractivity contribution in [1.82, 2.24) is 5.32 Å². The van der Waals surface area contributed by atoms with Gasteiger partial charge in [0.2, 0.25) is 0 Å². The Morgan fingerprint density at radius 3 is 2.61 bits per heavy atom. The van der Waals surface area contributed by atoms with Gasteiger partial charge in [0.15, 0.2) is 0 Å². The molecule has 1 aliphatic heterocycles. The molecule has 18 heavy (non-hydrogen) atoms. The van der Waals surface area contributed by atoms with Crippen LogP contribution >= 0.6 is 0 Å². The fourth-order valence-electron chi connectivity index (χ4n) is 3.50. The first-order chi connectivity index (χ1) is 8.88. The lowest BCUT2D eigenvalue weighted by molar-refractivity contribution is 0.405. The molecular weight excluding hydrogens is 222 g/mol. The van der Waals surface area contributed by atoms with Crippen LogP contribution in [0, 0.1) is 0 Å². The molecule has 98 valence electrons. The molecule has 3 rings (SSSR count). The Morgan fingerprint density at radius 1 is 1.11 bits per heavy atom. The maximum absolute atomic E-state index is 5.56. The third-order valence-electron chi connectivity index (χ3n) is 4.58. The highest BCUT2D eigenvalue weighted by Gasteiger charge is 2.23. The number of benzene rings is 1. The average Bonchev–Trinajstić information content (AvgIpc) is 3.11. The lowest BCUT2D eigenvalue weighted by Gasteiger charge is -2.18. The summed E-state index contributed by atoms with van der Waals surface area (Å²) < 4.78 is 5.56. The number of nitrogens with one attached hydrogen (secondary N) is 1. The molecule has 0 radical (unpaired) electrons. The van der Waals surface area contributed by atoms with Crippen LogP contribution < -0.4 is 10.1 Å². The van der Waals surface area contributed by atoms with E-state index in [1.54, 1.807) is 7.11 Å². The van der Waals surface area contributed by atoms with E-state index >= 15 is 0 Å². The molecule has 1 aromatic rings. The molecule has 0 amide bonds. The van der Waals surface area contributed by atoms with Crippen molar-refractivity contribution in [3.05, 3.63) is 29.3 Å². The summed E-state index contributed by atoms with van der Waals surface area (Å²) in [5.41, 5.74) is 2.96. The number of hydrogen-bond acceptors (Lipinski definition) is 2. The van der Waals surface area contributed by atoms with Crippen LogP contribution in [0.2, 0.25) is 0 Å². The average molecular weight is 245 g/mol. The van der Waals surface area contributed by atoms with Crippen LogP contribution in [0.25, 0.3) is 0 Å². The topological polar surface area (TPSA) is 21.3 Å². The predicted octanol–water partition coefficient (Wildman–Crippen LogP) is 3.43. The van der Waals surface area contributed by atoms with Crippen LogP contribution in [0.5, 0.6) is 5.75 Å². The highest BCUT2D eigenvalue weighted by molar-refractivity contribution is 5.41. The number of rotatable bonds is 3. The molecule has 2 heteroatoms. The summed E-state index contributed by atoms with van der Waals surface area (Å²) in [7, 11) is 1.80. The lowest BCUT2D eigenvalue weighted by atomic mass is 9.90. The van der Waals surface area contributed by atoms with Gasteiger partial charge < -0.3 is 10.1 Å². The molecule has 1 heterocycles. The predicted molar refractivity (Wildman–Crippen MR) is 74.4 cm³/mol. The largest absolute Gasteiger partial charge is 0.496 e. The summed E-state index contributed by atoms with van der Waals surface area (Å²) in [6, 6.07) is 6.86. The molecule has 0 bridgehead atoms. The summed E-state index contributed by atoms with van der Waals surface area (Å²) in [5, 5.41) is 3.46. The van der Waals surface area contributed by atoms with Crippen LogP contribution in [0.1, 0.15) is 55.1 Å².